The molecular formula is C5H8O7S. The molecule has 0 bridgehead atoms. The summed E-state index contributed by atoms with van der Waals surface area (Å²) in [7, 11) is -3.85. The molecule has 7 nitrogen and oxygen atoms in total. The van der Waals surface area contributed by atoms with E-state index >= 15 is 0 Å². The highest BCUT2D eigenvalue weighted by Gasteiger charge is 2.11. The second-order valence-electron chi connectivity index (χ2n) is 2.12. The number of carboxylic acid groups (broad SMARTS) is 1. The Kier molecular flexibility index (Phi) is 4.35. The van der Waals surface area contributed by atoms with Crippen LogP contribution in [0.5, 0.6) is 0 Å². The standard InChI is InChI=1S/C5H8O7S/c1-13(9,10)12-11-5(8)3-2-4(6)7/h2-3H2,1H3,(H,6,7). The number of hydrogen-bond donors (Lipinski definition) is 1. The average Bonchev–Trinajstić information content (AvgIpc) is 1.95. The molecule has 0 saturated heterocycles. The highest BCUT2D eigenvalue weighted by molar-refractivity contribution is 7.85. The number of carbonyl (C=O) groups is 2. The van der Waals surface area contributed by atoms with Crippen LogP contribution in [0.2, 0.25) is 0 Å². The van der Waals surface area contributed by atoms with Gasteiger partial charge in [-0.15, -0.1) is 0 Å². The minimum absolute atomic E-state index is 0.439. The van der Waals surface area contributed by atoms with E-state index in [9.17, 15) is 18.0 Å². The lowest BCUT2D eigenvalue weighted by molar-refractivity contribution is -0.211. The predicted octanol–water partition coefficient (Wildman–Crippen LogP) is -0.714. The second-order valence-corrected chi connectivity index (χ2v) is 3.67. The molecule has 0 unspecified atom stereocenters. The third-order valence-electron chi connectivity index (χ3n) is 0.794. The minimum Gasteiger partial charge on any atom is -0.481 e. The second kappa shape index (κ2) is 4.77. The van der Waals surface area contributed by atoms with E-state index in [2.05, 4.69) is 9.22 Å². The molecule has 8 heteroatoms. The molecule has 0 aliphatic rings. The summed E-state index contributed by atoms with van der Waals surface area (Å²) in [6.07, 6.45) is -0.186. The molecule has 0 amide bonds. The lowest BCUT2D eigenvalue weighted by Crippen LogP contribution is -2.11. The predicted molar refractivity (Wildman–Crippen MR) is 38.9 cm³/mol. The number of rotatable bonds is 5. The number of hydrogen-bond acceptors (Lipinski definition) is 6. The van der Waals surface area contributed by atoms with Crippen LogP contribution in [0.3, 0.4) is 0 Å². The Hall–Kier alpha value is -1.15. The Morgan fingerprint density at radius 2 is 1.85 bits per heavy atom. The Bertz CT molecular complexity index is 290. The fraction of sp³-hybridized carbons (Fsp3) is 0.600. The Balaban J connectivity index is 3.71. The molecule has 0 radical (unpaired) electrons. The van der Waals surface area contributed by atoms with Gasteiger partial charge < -0.3 is 5.11 Å². The third kappa shape index (κ3) is 8.76. The molecule has 0 aromatic rings. The van der Waals surface area contributed by atoms with Gasteiger partial charge in [0.1, 0.15) is 0 Å². The summed E-state index contributed by atoms with van der Waals surface area (Å²) in [6.45, 7) is 0. The van der Waals surface area contributed by atoms with Gasteiger partial charge in [0, 0.05) is 0 Å². The molecule has 76 valence electrons. The lowest BCUT2D eigenvalue weighted by Gasteiger charge is -1.98. The van der Waals surface area contributed by atoms with Crippen LogP contribution < -0.4 is 0 Å². The topological polar surface area (TPSA) is 107 Å². The smallest absolute Gasteiger partial charge is 0.344 e. The van der Waals surface area contributed by atoms with Gasteiger partial charge in [0.2, 0.25) is 0 Å². The Morgan fingerprint density at radius 3 is 2.23 bits per heavy atom. The summed E-state index contributed by atoms with van der Waals surface area (Å²) in [4.78, 5) is 24.2. The summed E-state index contributed by atoms with van der Waals surface area (Å²) in [5.41, 5.74) is 0. The highest BCUT2D eigenvalue weighted by Crippen LogP contribution is 1.96. The molecule has 0 aliphatic carbocycles. The summed E-state index contributed by atoms with van der Waals surface area (Å²) >= 11 is 0. The summed E-state index contributed by atoms with van der Waals surface area (Å²) in [5.74, 6) is -2.23. The van der Waals surface area contributed by atoms with Crippen molar-refractivity contribution in [1.82, 2.24) is 0 Å². The first kappa shape index (κ1) is 11.8. The molecule has 0 saturated carbocycles. The monoisotopic (exact) mass is 212 g/mol. The van der Waals surface area contributed by atoms with Gasteiger partial charge in [-0.1, -0.05) is 4.33 Å². The molecule has 0 rings (SSSR count). The van der Waals surface area contributed by atoms with Crippen LogP contribution in [0.25, 0.3) is 0 Å². The van der Waals surface area contributed by atoms with Crippen LogP contribution >= 0.6 is 0 Å². The summed E-state index contributed by atoms with van der Waals surface area (Å²) in [5, 5.41) is 8.12. The van der Waals surface area contributed by atoms with Crippen molar-refractivity contribution in [2.24, 2.45) is 0 Å². The van der Waals surface area contributed by atoms with Gasteiger partial charge in [-0.05, 0) is 0 Å². The molecule has 0 atom stereocenters. The first-order chi connectivity index (χ1) is 5.81. The third-order valence-corrected chi connectivity index (χ3v) is 1.11. The molecule has 0 fully saturated rings. The maximum Gasteiger partial charge on any atom is 0.344 e. The number of carboxylic acids is 1. The quantitative estimate of drug-likeness (QED) is 0.473. The maximum absolute atomic E-state index is 10.5. The maximum atomic E-state index is 10.5. The van der Waals surface area contributed by atoms with Gasteiger partial charge in [0.05, 0.1) is 19.1 Å². The van der Waals surface area contributed by atoms with Crippen LogP contribution in [-0.2, 0) is 28.9 Å². The average molecular weight is 212 g/mol. The fourth-order valence-electron chi connectivity index (χ4n) is 0.350. The van der Waals surface area contributed by atoms with Crippen molar-refractivity contribution < 1.29 is 32.3 Å². The molecule has 0 heterocycles. The zero-order chi connectivity index (χ0) is 10.5. The van der Waals surface area contributed by atoms with E-state index in [0.29, 0.717) is 6.26 Å². The zero-order valence-electron chi connectivity index (χ0n) is 6.72. The Morgan fingerprint density at radius 1 is 1.31 bits per heavy atom. The van der Waals surface area contributed by atoms with Crippen LogP contribution in [0.4, 0.5) is 0 Å². The SMILES string of the molecule is CS(=O)(=O)OOC(=O)CCC(=O)O. The van der Waals surface area contributed by atoms with Crippen LogP contribution in [0, 0.1) is 0 Å². The van der Waals surface area contributed by atoms with Crippen LogP contribution in [0.15, 0.2) is 0 Å². The highest BCUT2D eigenvalue weighted by atomic mass is 32.2. The van der Waals surface area contributed by atoms with Crippen molar-refractivity contribution in [3.8, 4) is 0 Å². The van der Waals surface area contributed by atoms with E-state index in [1.807, 2.05) is 0 Å². The van der Waals surface area contributed by atoms with Crippen molar-refractivity contribution in [2.75, 3.05) is 6.26 Å². The van der Waals surface area contributed by atoms with E-state index in [-0.39, 0.29) is 0 Å². The van der Waals surface area contributed by atoms with Crippen molar-refractivity contribution in [3.05, 3.63) is 0 Å². The van der Waals surface area contributed by atoms with Gasteiger partial charge in [0.25, 0.3) is 10.1 Å². The minimum atomic E-state index is -3.85. The first-order valence-electron chi connectivity index (χ1n) is 3.12. The first-order valence-corrected chi connectivity index (χ1v) is 4.93. The van der Waals surface area contributed by atoms with Crippen LogP contribution in [0.1, 0.15) is 12.8 Å². The molecular weight excluding hydrogens is 204 g/mol. The summed E-state index contributed by atoms with van der Waals surface area (Å²) in [6, 6.07) is 0. The number of carbonyl (C=O) groups excluding carboxylic acids is 1. The van der Waals surface area contributed by atoms with E-state index in [1.165, 1.54) is 0 Å². The van der Waals surface area contributed by atoms with E-state index in [4.69, 9.17) is 5.11 Å². The van der Waals surface area contributed by atoms with Gasteiger partial charge in [0.15, 0.2) is 0 Å². The van der Waals surface area contributed by atoms with Gasteiger partial charge in [-0.2, -0.15) is 8.42 Å². The molecule has 0 aromatic heterocycles. The fourth-order valence-corrected chi connectivity index (χ4v) is 0.550. The van der Waals surface area contributed by atoms with Gasteiger partial charge >= 0.3 is 11.9 Å². The van der Waals surface area contributed by atoms with Crippen molar-refractivity contribution >= 4 is 22.1 Å². The van der Waals surface area contributed by atoms with Crippen molar-refractivity contribution in [1.29, 1.82) is 0 Å². The van der Waals surface area contributed by atoms with E-state index < -0.39 is 34.9 Å². The summed E-state index contributed by atoms with van der Waals surface area (Å²) < 4.78 is 24.2. The zero-order valence-corrected chi connectivity index (χ0v) is 7.54. The molecule has 1 N–H and O–H groups in total. The normalized spacial score (nSPS) is 10.8. The van der Waals surface area contributed by atoms with Crippen molar-refractivity contribution in [3.63, 3.8) is 0 Å². The molecule has 0 spiro atoms. The largest absolute Gasteiger partial charge is 0.481 e. The van der Waals surface area contributed by atoms with Crippen LogP contribution in [-0.4, -0.2) is 31.7 Å². The molecule has 13 heavy (non-hydrogen) atoms. The molecule has 0 aromatic carbocycles. The van der Waals surface area contributed by atoms with Gasteiger partial charge in [-0.3, -0.25) is 9.68 Å². The molecule has 0 aliphatic heterocycles. The van der Waals surface area contributed by atoms with E-state index in [1.54, 1.807) is 0 Å². The van der Waals surface area contributed by atoms with E-state index in [0.717, 1.165) is 0 Å². The lowest BCUT2D eigenvalue weighted by atomic mass is 10.3. The van der Waals surface area contributed by atoms with Gasteiger partial charge in [-0.25, -0.2) is 4.79 Å². The van der Waals surface area contributed by atoms with Crippen molar-refractivity contribution in [2.45, 2.75) is 12.8 Å². The Labute approximate surface area is 74.3 Å². The number of aliphatic carboxylic acids is 1.